The molecule has 0 aromatic heterocycles. The molecule has 3 nitrogen and oxygen atoms in total. The summed E-state index contributed by atoms with van der Waals surface area (Å²) >= 11 is 0. The standard InChI is InChI=1S/C9H19NO2/c1-11-6-7-12-9-5-3-2-4-8(9)10/h8-9H,2-7,10H2,1H3. The number of ether oxygens (including phenoxy) is 2. The number of methoxy groups -OCH3 is 1. The topological polar surface area (TPSA) is 44.5 Å². The van der Waals surface area contributed by atoms with Gasteiger partial charge in [-0.1, -0.05) is 12.8 Å². The Morgan fingerprint density at radius 3 is 2.67 bits per heavy atom. The number of hydrogen-bond acceptors (Lipinski definition) is 3. The lowest BCUT2D eigenvalue weighted by Crippen LogP contribution is -2.39. The van der Waals surface area contributed by atoms with Crippen LogP contribution in [0.4, 0.5) is 0 Å². The molecule has 0 aliphatic heterocycles. The Balaban J connectivity index is 2.11. The Labute approximate surface area is 74.2 Å². The Morgan fingerprint density at radius 1 is 1.25 bits per heavy atom. The maximum absolute atomic E-state index is 5.90. The van der Waals surface area contributed by atoms with Crippen molar-refractivity contribution in [2.24, 2.45) is 5.73 Å². The highest BCUT2D eigenvalue weighted by Gasteiger charge is 2.21. The van der Waals surface area contributed by atoms with Gasteiger partial charge in [-0.25, -0.2) is 0 Å². The van der Waals surface area contributed by atoms with Crippen LogP contribution in [0, 0.1) is 0 Å². The monoisotopic (exact) mass is 173 g/mol. The maximum atomic E-state index is 5.90. The average molecular weight is 173 g/mol. The van der Waals surface area contributed by atoms with Crippen LogP contribution in [0.15, 0.2) is 0 Å². The first kappa shape index (κ1) is 9.96. The van der Waals surface area contributed by atoms with Crippen molar-refractivity contribution in [3.8, 4) is 0 Å². The van der Waals surface area contributed by atoms with Gasteiger partial charge in [0.05, 0.1) is 19.3 Å². The Morgan fingerprint density at radius 2 is 2.00 bits per heavy atom. The summed E-state index contributed by atoms with van der Waals surface area (Å²) in [4.78, 5) is 0. The van der Waals surface area contributed by atoms with Gasteiger partial charge in [-0.3, -0.25) is 0 Å². The molecule has 0 heterocycles. The number of hydrogen-bond donors (Lipinski definition) is 1. The van der Waals surface area contributed by atoms with Crippen molar-refractivity contribution in [2.75, 3.05) is 20.3 Å². The summed E-state index contributed by atoms with van der Waals surface area (Å²) in [5.74, 6) is 0. The maximum Gasteiger partial charge on any atom is 0.0727 e. The van der Waals surface area contributed by atoms with E-state index in [1.165, 1.54) is 12.8 Å². The molecule has 2 N–H and O–H groups in total. The molecule has 0 aromatic carbocycles. The number of rotatable bonds is 4. The van der Waals surface area contributed by atoms with Crippen LogP contribution in [0.2, 0.25) is 0 Å². The molecule has 0 radical (unpaired) electrons. The SMILES string of the molecule is COCCOC1CCCCC1N. The molecule has 0 spiro atoms. The molecule has 1 aliphatic rings. The second-order valence-corrected chi connectivity index (χ2v) is 3.35. The molecule has 0 bridgehead atoms. The van der Waals surface area contributed by atoms with Crippen LogP contribution in [0.1, 0.15) is 25.7 Å². The molecule has 0 amide bonds. The summed E-state index contributed by atoms with van der Waals surface area (Å²) in [5, 5.41) is 0. The van der Waals surface area contributed by atoms with E-state index in [0.29, 0.717) is 13.2 Å². The van der Waals surface area contributed by atoms with Gasteiger partial charge in [-0.15, -0.1) is 0 Å². The van der Waals surface area contributed by atoms with E-state index in [0.717, 1.165) is 12.8 Å². The van der Waals surface area contributed by atoms with Crippen molar-refractivity contribution in [3.05, 3.63) is 0 Å². The predicted molar refractivity (Wildman–Crippen MR) is 48.1 cm³/mol. The largest absolute Gasteiger partial charge is 0.382 e. The zero-order valence-electron chi connectivity index (χ0n) is 7.79. The highest BCUT2D eigenvalue weighted by Crippen LogP contribution is 2.19. The quantitative estimate of drug-likeness (QED) is 0.643. The van der Waals surface area contributed by atoms with E-state index in [4.69, 9.17) is 15.2 Å². The van der Waals surface area contributed by atoms with Gasteiger partial charge in [0.25, 0.3) is 0 Å². The first-order valence-electron chi connectivity index (χ1n) is 4.70. The summed E-state index contributed by atoms with van der Waals surface area (Å²) in [6, 6.07) is 0.246. The zero-order valence-corrected chi connectivity index (χ0v) is 7.79. The van der Waals surface area contributed by atoms with E-state index in [1.54, 1.807) is 7.11 Å². The molecule has 1 rings (SSSR count). The minimum Gasteiger partial charge on any atom is -0.382 e. The lowest BCUT2D eigenvalue weighted by Gasteiger charge is -2.28. The zero-order chi connectivity index (χ0) is 8.81. The summed E-state index contributed by atoms with van der Waals surface area (Å²) < 4.78 is 10.5. The lowest BCUT2D eigenvalue weighted by atomic mass is 9.93. The summed E-state index contributed by atoms with van der Waals surface area (Å²) in [6.07, 6.45) is 5.01. The van der Waals surface area contributed by atoms with Crippen LogP contribution in [0.5, 0.6) is 0 Å². The van der Waals surface area contributed by atoms with Crippen LogP contribution < -0.4 is 5.73 Å². The van der Waals surface area contributed by atoms with Gasteiger partial charge >= 0.3 is 0 Å². The first-order chi connectivity index (χ1) is 5.84. The fourth-order valence-electron chi connectivity index (χ4n) is 1.62. The third-order valence-electron chi connectivity index (χ3n) is 2.37. The van der Waals surface area contributed by atoms with Crippen LogP contribution in [0.3, 0.4) is 0 Å². The number of nitrogens with two attached hydrogens (primary N) is 1. The molecule has 0 saturated heterocycles. The highest BCUT2D eigenvalue weighted by atomic mass is 16.5. The molecule has 12 heavy (non-hydrogen) atoms. The Kier molecular flexibility index (Phi) is 4.58. The molecule has 3 heteroatoms. The molecule has 1 saturated carbocycles. The van der Waals surface area contributed by atoms with Gasteiger partial charge in [-0.2, -0.15) is 0 Å². The minimum atomic E-state index is 0.246. The normalized spacial score (nSPS) is 30.5. The van der Waals surface area contributed by atoms with Gasteiger partial charge < -0.3 is 15.2 Å². The lowest BCUT2D eigenvalue weighted by molar-refractivity contribution is -0.0102. The molecule has 2 unspecified atom stereocenters. The van der Waals surface area contributed by atoms with Gasteiger partial charge in [0, 0.05) is 13.2 Å². The smallest absolute Gasteiger partial charge is 0.0727 e. The van der Waals surface area contributed by atoms with E-state index in [-0.39, 0.29) is 12.1 Å². The summed E-state index contributed by atoms with van der Waals surface area (Å²) in [5.41, 5.74) is 5.90. The molecule has 1 aliphatic carbocycles. The molecule has 0 aromatic rings. The Hall–Kier alpha value is -0.120. The molecule has 2 atom stereocenters. The molecular formula is C9H19NO2. The van der Waals surface area contributed by atoms with E-state index >= 15 is 0 Å². The second kappa shape index (κ2) is 5.51. The van der Waals surface area contributed by atoms with Gasteiger partial charge in [-0.05, 0) is 12.8 Å². The minimum absolute atomic E-state index is 0.246. The van der Waals surface area contributed by atoms with Crippen molar-refractivity contribution in [2.45, 2.75) is 37.8 Å². The van der Waals surface area contributed by atoms with Crippen LogP contribution in [-0.2, 0) is 9.47 Å². The van der Waals surface area contributed by atoms with Crippen molar-refractivity contribution >= 4 is 0 Å². The van der Waals surface area contributed by atoms with Crippen LogP contribution in [-0.4, -0.2) is 32.5 Å². The van der Waals surface area contributed by atoms with Crippen molar-refractivity contribution < 1.29 is 9.47 Å². The van der Waals surface area contributed by atoms with Gasteiger partial charge in [0.2, 0.25) is 0 Å². The predicted octanol–water partition coefficient (Wildman–Crippen LogP) is 0.919. The van der Waals surface area contributed by atoms with E-state index in [9.17, 15) is 0 Å². The molecule has 72 valence electrons. The third-order valence-corrected chi connectivity index (χ3v) is 2.37. The van der Waals surface area contributed by atoms with Crippen molar-refractivity contribution in [3.63, 3.8) is 0 Å². The first-order valence-corrected chi connectivity index (χ1v) is 4.70. The van der Waals surface area contributed by atoms with E-state index in [1.807, 2.05) is 0 Å². The Bertz CT molecular complexity index is 119. The fraction of sp³-hybridized carbons (Fsp3) is 1.00. The van der Waals surface area contributed by atoms with E-state index < -0.39 is 0 Å². The van der Waals surface area contributed by atoms with Gasteiger partial charge in [0.1, 0.15) is 0 Å². The average Bonchev–Trinajstić information content (AvgIpc) is 2.09. The highest BCUT2D eigenvalue weighted by molar-refractivity contribution is 4.78. The van der Waals surface area contributed by atoms with Crippen molar-refractivity contribution in [1.29, 1.82) is 0 Å². The fourth-order valence-corrected chi connectivity index (χ4v) is 1.62. The van der Waals surface area contributed by atoms with Crippen LogP contribution >= 0.6 is 0 Å². The molecule has 1 fully saturated rings. The second-order valence-electron chi connectivity index (χ2n) is 3.35. The third kappa shape index (κ3) is 3.09. The summed E-state index contributed by atoms with van der Waals surface area (Å²) in [6.45, 7) is 1.35. The van der Waals surface area contributed by atoms with E-state index in [2.05, 4.69) is 0 Å². The van der Waals surface area contributed by atoms with Gasteiger partial charge in [0.15, 0.2) is 0 Å². The van der Waals surface area contributed by atoms with Crippen LogP contribution in [0.25, 0.3) is 0 Å². The molecular weight excluding hydrogens is 154 g/mol. The summed E-state index contributed by atoms with van der Waals surface area (Å²) in [7, 11) is 1.68. The van der Waals surface area contributed by atoms with Crippen molar-refractivity contribution in [1.82, 2.24) is 0 Å².